The minimum Gasteiger partial charge on any atom is -0.399 e. The summed E-state index contributed by atoms with van der Waals surface area (Å²) >= 11 is 5.99. The Morgan fingerprint density at radius 3 is 2.50 bits per heavy atom. The fourth-order valence-corrected chi connectivity index (χ4v) is 2.07. The maximum Gasteiger partial charge on any atom is 0.0429 e. The molecule has 0 unspecified atom stereocenters. The van der Waals surface area contributed by atoms with Gasteiger partial charge in [-0.05, 0) is 50.6 Å². The third-order valence-electron chi connectivity index (χ3n) is 2.61. The van der Waals surface area contributed by atoms with Crippen molar-refractivity contribution in [1.29, 1.82) is 0 Å². The molecule has 0 spiro atoms. The summed E-state index contributed by atoms with van der Waals surface area (Å²) in [6, 6.07) is 6.31. The highest BCUT2D eigenvalue weighted by atomic mass is 35.5. The van der Waals surface area contributed by atoms with Crippen molar-refractivity contribution in [2.45, 2.75) is 39.8 Å². The van der Waals surface area contributed by atoms with E-state index in [1.807, 2.05) is 12.1 Å². The molecule has 90 valence electrons. The van der Waals surface area contributed by atoms with E-state index in [0.29, 0.717) is 6.04 Å². The van der Waals surface area contributed by atoms with Gasteiger partial charge in [-0.2, -0.15) is 0 Å². The van der Waals surface area contributed by atoms with E-state index in [9.17, 15) is 0 Å². The lowest BCUT2D eigenvalue weighted by molar-refractivity contribution is 0.213. The van der Waals surface area contributed by atoms with Gasteiger partial charge in [0.1, 0.15) is 0 Å². The zero-order chi connectivity index (χ0) is 12.1. The summed E-state index contributed by atoms with van der Waals surface area (Å²) in [4.78, 5) is 2.42. The number of hydrogen-bond donors (Lipinski definition) is 1. The summed E-state index contributed by atoms with van der Waals surface area (Å²) in [6.45, 7) is 8.63. The highest BCUT2D eigenvalue weighted by Crippen LogP contribution is 2.18. The van der Waals surface area contributed by atoms with Crippen molar-refractivity contribution in [1.82, 2.24) is 4.90 Å². The molecule has 0 saturated heterocycles. The van der Waals surface area contributed by atoms with Crippen molar-refractivity contribution >= 4 is 17.3 Å². The van der Waals surface area contributed by atoms with Gasteiger partial charge in [-0.15, -0.1) is 0 Å². The molecule has 3 heteroatoms. The Morgan fingerprint density at radius 2 is 2.00 bits per heavy atom. The summed E-state index contributed by atoms with van der Waals surface area (Å²) in [5.41, 5.74) is 7.71. The standard InChI is InChI=1S/C13H21ClN2/c1-4-5-16(10(2)3)9-11-6-12(14)8-13(15)7-11/h6-8,10H,4-5,9,15H2,1-3H3. The Bertz CT molecular complexity index is 316. The summed E-state index contributed by atoms with van der Waals surface area (Å²) in [5, 5.41) is 0.718. The first kappa shape index (κ1) is 13.3. The minimum absolute atomic E-state index is 0.542. The van der Waals surface area contributed by atoms with Crippen molar-refractivity contribution in [2.75, 3.05) is 12.3 Å². The fourth-order valence-electron chi connectivity index (χ4n) is 1.81. The lowest BCUT2D eigenvalue weighted by atomic mass is 10.1. The van der Waals surface area contributed by atoms with Gasteiger partial charge in [-0.25, -0.2) is 0 Å². The number of nitrogens with two attached hydrogens (primary N) is 1. The summed E-state index contributed by atoms with van der Waals surface area (Å²) in [7, 11) is 0. The van der Waals surface area contributed by atoms with E-state index in [2.05, 4.69) is 25.7 Å². The predicted molar refractivity (Wildman–Crippen MR) is 71.7 cm³/mol. The second-order valence-electron chi connectivity index (χ2n) is 4.46. The van der Waals surface area contributed by atoms with E-state index in [1.54, 1.807) is 6.07 Å². The smallest absolute Gasteiger partial charge is 0.0429 e. The van der Waals surface area contributed by atoms with Gasteiger partial charge in [0.05, 0.1) is 0 Å². The molecule has 0 aliphatic heterocycles. The molecule has 0 radical (unpaired) electrons. The van der Waals surface area contributed by atoms with Crippen LogP contribution in [0.4, 0.5) is 5.69 Å². The van der Waals surface area contributed by atoms with Gasteiger partial charge in [0, 0.05) is 23.3 Å². The second kappa shape index (κ2) is 6.12. The van der Waals surface area contributed by atoms with E-state index in [1.165, 1.54) is 5.56 Å². The van der Waals surface area contributed by atoms with Crippen molar-refractivity contribution in [3.8, 4) is 0 Å². The minimum atomic E-state index is 0.542. The Labute approximate surface area is 103 Å². The molecule has 0 atom stereocenters. The molecule has 0 heterocycles. The van der Waals surface area contributed by atoms with Crippen molar-refractivity contribution in [3.05, 3.63) is 28.8 Å². The van der Waals surface area contributed by atoms with Crippen LogP contribution >= 0.6 is 11.6 Å². The molecule has 0 fully saturated rings. The van der Waals surface area contributed by atoms with Gasteiger partial charge in [0.2, 0.25) is 0 Å². The molecule has 2 nitrogen and oxygen atoms in total. The third kappa shape index (κ3) is 4.03. The molecule has 0 amide bonds. The van der Waals surface area contributed by atoms with Crippen LogP contribution in [0.2, 0.25) is 5.02 Å². The molecular weight excluding hydrogens is 220 g/mol. The van der Waals surface area contributed by atoms with Crippen LogP contribution in [0.5, 0.6) is 0 Å². The summed E-state index contributed by atoms with van der Waals surface area (Å²) in [6.07, 6.45) is 1.16. The SMILES string of the molecule is CCCN(Cc1cc(N)cc(Cl)c1)C(C)C. The summed E-state index contributed by atoms with van der Waals surface area (Å²) < 4.78 is 0. The monoisotopic (exact) mass is 240 g/mol. The molecule has 2 N–H and O–H groups in total. The molecule has 0 saturated carbocycles. The second-order valence-corrected chi connectivity index (χ2v) is 4.89. The maximum atomic E-state index is 5.99. The molecule has 1 rings (SSSR count). The molecule has 1 aromatic carbocycles. The number of anilines is 1. The maximum absolute atomic E-state index is 5.99. The number of rotatable bonds is 5. The number of nitrogens with zero attached hydrogens (tertiary/aromatic N) is 1. The quantitative estimate of drug-likeness (QED) is 0.798. The van der Waals surface area contributed by atoms with Crippen molar-refractivity contribution in [2.24, 2.45) is 0 Å². The van der Waals surface area contributed by atoms with E-state index in [4.69, 9.17) is 17.3 Å². The molecular formula is C13H21ClN2. The predicted octanol–water partition coefficient (Wildman–Crippen LogP) is 3.54. The van der Waals surface area contributed by atoms with Crippen LogP contribution in [0.1, 0.15) is 32.8 Å². The van der Waals surface area contributed by atoms with Gasteiger partial charge in [-0.1, -0.05) is 18.5 Å². The van der Waals surface area contributed by atoms with Crippen LogP contribution in [0.25, 0.3) is 0 Å². The first-order valence-corrected chi connectivity index (χ1v) is 6.19. The Hall–Kier alpha value is -0.730. The zero-order valence-electron chi connectivity index (χ0n) is 10.3. The zero-order valence-corrected chi connectivity index (χ0v) is 11.1. The van der Waals surface area contributed by atoms with Crippen LogP contribution in [0.3, 0.4) is 0 Å². The molecule has 0 aliphatic rings. The van der Waals surface area contributed by atoms with Crippen LogP contribution in [0.15, 0.2) is 18.2 Å². The average Bonchev–Trinajstić information content (AvgIpc) is 2.15. The number of halogens is 1. The van der Waals surface area contributed by atoms with Gasteiger partial charge in [-0.3, -0.25) is 4.90 Å². The first-order chi connectivity index (χ1) is 7.52. The largest absolute Gasteiger partial charge is 0.399 e. The normalized spacial score (nSPS) is 11.4. The Morgan fingerprint density at radius 1 is 1.31 bits per heavy atom. The van der Waals surface area contributed by atoms with Gasteiger partial charge in [0.25, 0.3) is 0 Å². The topological polar surface area (TPSA) is 29.3 Å². The van der Waals surface area contributed by atoms with Crippen LogP contribution in [-0.2, 0) is 6.54 Å². The van der Waals surface area contributed by atoms with Gasteiger partial charge >= 0.3 is 0 Å². The lowest BCUT2D eigenvalue weighted by Crippen LogP contribution is -2.31. The molecule has 16 heavy (non-hydrogen) atoms. The van der Waals surface area contributed by atoms with E-state index < -0.39 is 0 Å². The lowest BCUT2D eigenvalue weighted by Gasteiger charge is -2.26. The average molecular weight is 241 g/mol. The van der Waals surface area contributed by atoms with Gasteiger partial charge in [0.15, 0.2) is 0 Å². The van der Waals surface area contributed by atoms with Crippen molar-refractivity contribution < 1.29 is 0 Å². The van der Waals surface area contributed by atoms with Crippen LogP contribution < -0.4 is 5.73 Å². The number of hydrogen-bond acceptors (Lipinski definition) is 2. The number of benzene rings is 1. The van der Waals surface area contributed by atoms with Crippen molar-refractivity contribution in [3.63, 3.8) is 0 Å². The van der Waals surface area contributed by atoms with E-state index in [0.717, 1.165) is 30.2 Å². The van der Waals surface area contributed by atoms with E-state index in [-0.39, 0.29) is 0 Å². The highest BCUT2D eigenvalue weighted by molar-refractivity contribution is 6.30. The van der Waals surface area contributed by atoms with Gasteiger partial charge < -0.3 is 5.73 Å². The molecule has 0 aromatic heterocycles. The Balaban J connectivity index is 2.76. The molecule has 1 aromatic rings. The first-order valence-electron chi connectivity index (χ1n) is 5.82. The van der Waals surface area contributed by atoms with Crippen LogP contribution in [-0.4, -0.2) is 17.5 Å². The highest BCUT2D eigenvalue weighted by Gasteiger charge is 2.09. The molecule has 0 bridgehead atoms. The van der Waals surface area contributed by atoms with E-state index >= 15 is 0 Å². The fraction of sp³-hybridized carbons (Fsp3) is 0.538. The third-order valence-corrected chi connectivity index (χ3v) is 2.82. The number of nitrogen functional groups attached to an aromatic ring is 1. The molecule has 0 aliphatic carbocycles. The van der Waals surface area contributed by atoms with Crippen LogP contribution in [0, 0.1) is 0 Å². The Kier molecular flexibility index (Phi) is 5.10. The summed E-state index contributed by atoms with van der Waals surface area (Å²) in [5.74, 6) is 0.